The summed E-state index contributed by atoms with van der Waals surface area (Å²) < 4.78 is 0. The number of aryl methyl sites for hydroxylation is 1. The molecule has 0 aromatic heterocycles. The van der Waals surface area contributed by atoms with E-state index in [1.807, 2.05) is 0 Å². The molecule has 3 aromatic rings. The third-order valence-electron chi connectivity index (χ3n) is 4.12. The van der Waals surface area contributed by atoms with Crippen LogP contribution in [0.1, 0.15) is 18.1 Å². The second-order valence-electron chi connectivity index (χ2n) is 5.69. The van der Waals surface area contributed by atoms with E-state index in [9.17, 15) is 0 Å². The van der Waals surface area contributed by atoms with Crippen LogP contribution in [0.3, 0.4) is 0 Å². The van der Waals surface area contributed by atoms with Crippen molar-refractivity contribution in [1.29, 1.82) is 0 Å². The highest BCUT2D eigenvalue weighted by molar-refractivity contribution is 6.12. The van der Waals surface area contributed by atoms with Gasteiger partial charge in [-0.05, 0) is 57.2 Å². The first-order valence-corrected chi connectivity index (χ1v) is 6.69. The predicted octanol–water partition coefficient (Wildman–Crippen LogP) is 3.99. The minimum Gasteiger partial charge on any atom is -0.0735 e. The smallest absolute Gasteiger partial charge is 0.00300 e. The molecule has 0 saturated carbocycles. The van der Waals surface area contributed by atoms with Crippen molar-refractivity contribution in [2.24, 2.45) is 5.92 Å². The molecule has 0 amide bonds. The molecule has 0 fully saturated rings. The summed E-state index contributed by atoms with van der Waals surface area (Å²) in [6, 6.07) is 13.8. The lowest BCUT2D eigenvalue weighted by Crippen LogP contribution is -2.15. The van der Waals surface area contributed by atoms with Gasteiger partial charge in [0.05, 0.1) is 0 Å². The van der Waals surface area contributed by atoms with Crippen LogP contribution in [-0.4, -0.2) is 0 Å². The number of rotatable bonds is 0. The zero-order valence-corrected chi connectivity index (χ0v) is 10.8. The van der Waals surface area contributed by atoms with Gasteiger partial charge in [-0.15, -0.1) is 0 Å². The first-order valence-electron chi connectivity index (χ1n) is 6.69. The highest BCUT2D eigenvalue weighted by Crippen LogP contribution is 2.31. The summed E-state index contributed by atoms with van der Waals surface area (Å²) in [6.45, 7) is 4.48. The highest BCUT2D eigenvalue weighted by Gasteiger charge is 2.14. The third-order valence-corrected chi connectivity index (χ3v) is 4.12. The fourth-order valence-electron chi connectivity index (χ4n) is 3.44. The molecule has 4 rings (SSSR count). The van der Waals surface area contributed by atoms with E-state index in [1.165, 1.54) is 44.3 Å². The maximum absolute atomic E-state index is 2.42. The largest absolute Gasteiger partial charge is 0.0735 e. The van der Waals surface area contributed by atoms with Gasteiger partial charge in [-0.25, -0.2) is 0 Å². The minimum atomic E-state index is 0.654. The molecule has 0 radical (unpaired) electrons. The zero-order chi connectivity index (χ0) is 12.3. The van der Waals surface area contributed by atoms with Gasteiger partial charge < -0.3 is 0 Å². The minimum absolute atomic E-state index is 0.654. The Hall–Kier alpha value is -1.82. The predicted molar refractivity (Wildman–Crippen MR) is 78.7 cm³/mol. The second kappa shape index (κ2) is 3.35. The molecular weight excluding hydrogens is 216 g/mol. The van der Waals surface area contributed by atoms with Gasteiger partial charge in [0.1, 0.15) is 0 Å². The summed E-state index contributed by atoms with van der Waals surface area (Å²) in [5.41, 5.74) is 2.86. The van der Waals surface area contributed by atoms with Crippen molar-refractivity contribution in [3.05, 3.63) is 52.7 Å². The van der Waals surface area contributed by atoms with Crippen LogP contribution in [0.5, 0.6) is 0 Å². The highest BCUT2D eigenvalue weighted by atomic mass is 14.2. The van der Waals surface area contributed by atoms with Gasteiger partial charge in [-0.3, -0.25) is 0 Å². The Bertz CT molecular complexity index is 805. The molecule has 0 heteroatoms. The molecule has 0 spiro atoms. The Morgan fingerprint density at radius 2 is 1.67 bits per heavy atom. The Labute approximate surface area is 107 Å². The molecule has 0 saturated heterocycles. The number of hydrogen-bond acceptors (Lipinski definition) is 0. The van der Waals surface area contributed by atoms with Crippen LogP contribution >= 0.6 is 0 Å². The lowest BCUT2D eigenvalue weighted by atomic mass is 9.86. The lowest BCUT2D eigenvalue weighted by molar-refractivity contribution is 0.760. The van der Waals surface area contributed by atoms with Crippen molar-refractivity contribution in [2.75, 3.05) is 0 Å². The van der Waals surface area contributed by atoms with E-state index in [4.69, 9.17) is 0 Å². The third kappa shape index (κ3) is 1.26. The summed E-state index contributed by atoms with van der Waals surface area (Å²) in [7, 11) is 0. The molecule has 1 aliphatic carbocycles. The molecule has 88 valence electrons. The van der Waals surface area contributed by atoms with E-state index in [2.05, 4.69) is 56.3 Å². The Balaban J connectivity index is 2.34. The molecular formula is C18H16. The molecule has 0 N–H and O–H groups in total. The van der Waals surface area contributed by atoms with E-state index >= 15 is 0 Å². The van der Waals surface area contributed by atoms with E-state index < -0.39 is 0 Å². The molecule has 1 aliphatic rings. The summed E-state index contributed by atoms with van der Waals surface area (Å²) in [5.74, 6) is 0.654. The van der Waals surface area contributed by atoms with Gasteiger partial charge in [0, 0.05) is 0 Å². The fourth-order valence-corrected chi connectivity index (χ4v) is 3.44. The maximum atomic E-state index is 2.42. The van der Waals surface area contributed by atoms with Crippen LogP contribution in [-0.2, 0) is 6.42 Å². The summed E-state index contributed by atoms with van der Waals surface area (Å²) in [5, 5.41) is 7.13. The molecule has 0 nitrogen and oxygen atoms in total. The molecule has 18 heavy (non-hydrogen) atoms. The van der Waals surface area contributed by atoms with Crippen molar-refractivity contribution in [2.45, 2.75) is 20.3 Å². The molecule has 0 bridgehead atoms. The van der Waals surface area contributed by atoms with Crippen LogP contribution in [0, 0.1) is 12.8 Å². The topological polar surface area (TPSA) is 0 Å². The second-order valence-corrected chi connectivity index (χ2v) is 5.69. The molecule has 0 heterocycles. The SMILES string of the molecule is Cc1cc2ccc3c4c(ccc(c1)c24)=CC(C)C3. The molecule has 1 unspecified atom stereocenters. The van der Waals surface area contributed by atoms with Crippen molar-refractivity contribution in [3.8, 4) is 0 Å². The van der Waals surface area contributed by atoms with Crippen LogP contribution in [0.25, 0.3) is 27.6 Å². The summed E-state index contributed by atoms with van der Waals surface area (Å²) in [4.78, 5) is 0. The average Bonchev–Trinajstić information content (AvgIpc) is 2.34. The van der Waals surface area contributed by atoms with E-state index in [0.717, 1.165) is 0 Å². The Morgan fingerprint density at radius 1 is 0.944 bits per heavy atom. The first kappa shape index (κ1) is 10.1. The quantitative estimate of drug-likeness (QED) is 0.549. The molecule has 1 atom stereocenters. The number of hydrogen-bond donors (Lipinski definition) is 0. The van der Waals surface area contributed by atoms with E-state index in [-0.39, 0.29) is 0 Å². The van der Waals surface area contributed by atoms with Crippen molar-refractivity contribution in [3.63, 3.8) is 0 Å². The van der Waals surface area contributed by atoms with E-state index in [1.54, 1.807) is 0 Å². The van der Waals surface area contributed by atoms with E-state index in [0.29, 0.717) is 5.92 Å². The van der Waals surface area contributed by atoms with Gasteiger partial charge in [-0.1, -0.05) is 49.4 Å². The zero-order valence-electron chi connectivity index (χ0n) is 10.8. The molecule has 0 aliphatic heterocycles. The average molecular weight is 232 g/mol. The monoisotopic (exact) mass is 232 g/mol. The van der Waals surface area contributed by atoms with Gasteiger partial charge in [0.2, 0.25) is 0 Å². The van der Waals surface area contributed by atoms with Gasteiger partial charge in [0.15, 0.2) is 0 Å². The standard InChI is InChI=1S/C18H16/c1-11-7-13-3-5-15-9-12(2)10-16-6-4-14(8-11)17(13)18(15)16/h3-9,12H,10H2,1-2H3. The van der Waals surface area contributed by atoms with Crippen molar-refractivity contribution < 1.29 is 0 Å². The summed E-state index contributed by atoms with van der Waals surface area (Å²) >= 11 is 0. The Kier molecular flexibility index (Phi) is 1.89. The Morgan fingerprint density at radius 3 is 2.44 bits per heavy atom. The van der Waals surface area contributed by atoms with Gasteiger partial charge in [-0.2, -0.15) is 0 Å². The summed E-state index contributed by atoms with van der Waals surface area (Å²) in [6.07, 6.45) is 3.59. The first-order chi connectivity index (χ1) is 8.72. The van der Waals surface area contributed by atoms with Crippen LogP contribution in [0.4, 0.5) is 0 Å². The van der Waals surface area contributed by atoms with Crippen LogP contribution in [0.2, 0.25) is 0 Å². The van der Waals surface area contributed by atoms with Crippen molar-refractivity contribution in [1.82, 2.24) is 0 Å². The lowest BCUT2D eigenvalue weighted by Gasteiger charge is -2.18. The van der Waals surface area contributed by atoms with Gasteiger partial charge in [0.25, 0.3) is 0 Å². The van der Waals surface area contributed by atoms with Gasteiger partial charge >= 0.3 is 0 Å². The maximum Gasteiger partial charge on any atom is -0.00300 e. The normalized spacial score (nSPS) is 18.2. The number of benzene rings is 3. The molecule has 3 aromatic carbocycles. The fraction of sp³-hybridized carbons (Fsp3) is 0.222. The van der Waals surface area contributed by atoms with Crippen LogP contribution in [0.15, 0.2) is 36.4 Å². The van der Waals surface area contributed by atoms with Crippen LogP contribution < -0.4 is 5.22 Å². The van der Waals surface area contributed by atoms with Crippen molar-refractivity contribution >= 4 is 27.6 Å².